The van der Waals surface area contributed by atoms with E-state index in [1.807, 2.05) is 6.92 Å². The highest BCUT2D eigenvalue weighted by Crippen LogP contribution is 2.23. The van der Waals surface area contributed by atoms with Gasteiger partial charge in [-0.2, -0.15) is 0 Å². The van der Waals surface area contributed by atoms with Gasteiger partial charge in [0.15, 0.2) is 17.4 Å². The van der Waals surface area contributed by atoms with Crippen molar-refractivity contribution in [1.82, 2.24) is 5.32 Å². The summed E-state index contributed by atoms with van der Waals surface area (Å²) in [6.45, 7) is 3.03. The molecule has 0 unspecified atom stereocenters. The summed E-state index contributed by atoms with van der Waals surface area (Å²) in [6.07, 6.45) is 0.859. The second kappa shape index (κ2) is 7.68. The molecule has 0 spiro atoms. The van der Waals surface area contributed by atoms with Crippen LogP contribution in [0.3, 0.4) is 0 Å². The third-order valence-electron chi connectivity index (χ3n) is 2.41. The molecule has 0 saturated carbocycles. The topological polar surface area (TPSA) is 64.3 Å². The highest BCUT2D eigenvalue weighted by Gasteiger charge is 2.12. The number of carbonyl (C=O) groups is 1. The molecule has 3 N–H and O–H groups in total. The minimum absolute atomic E-state index is 0.0846. The van der Waals surface area contributed by atoms with Crippen LogP contribution in [0.2, 0.25) is 0 Å². The molecule has 19 heavy (non-hydrogen) atoms. The van der Waals surface area contributed by atoms with Crippen LogP contribution in [-0.2, 0) is 11.3 Å². The maximum Gasteiger partial charge on any atom is 0.220 e. The van der Waals surface area contributed by atoms with Crippen LogP contribution in [0.25, 0.3) is 0 Å². The molecule has 0 bridgehead atoms. The van der Waals surface area contributed by atoms with Gasteiger partial charge in [-0.25, -0.2) is 8.78 Å². The van der Waals surface area contributed by atoms with Gasteiger partial charge < -0.3 is 15.8 Å². The Hall–Kier alpha value is -1.69. The van der Waals surface area contributed by atoms with Gasteiger partial charge in [-0.05, 0) is 30.7 Å². The van der Waals surface area contributed by atoms with Gasteiger partial charge in [0.25, 0.3) is 0 Å². The number of amides is 1. The summed E-state index contributed by atoms with van der Waals surface area (Å²) in [5, 5.41) is 3.05. The number of primary amides is 1. The Morgan fingerprint density at radius 2 is 2.00 bits per heavy atom. The van der Waals surface area contributed by atoms with E-state index in [4.69, 9.17) is 10.5 Å². The first-order chi connectivity index (χ1) is 9.04. The van der Waals surface area contributed by atoms with Crippen LogP contribution >= 0.6 is 0 Å². The Morgan fingerprint density at radius 1 is 1.37 bits per heavy atom. The fourth-order valence-electron chi connectivity index (χ4n) is 1.52. The summed E-state index contributed by atoms with van der Waals surface area (Å²) in [7, 11) is 0. The Balaban J connectivity index is 2.65. The quantitative estimate of drug-likeness (QED) is 0.708. The van der Waals surface area contributed by atoms with Gasteiger partial charge >= 0.3 is 0 Å². The highest BCUT2D eigenvalue weighted by molar-refractivity contribution is 5.73. The van der Waals surface area contributed by atoms with E-state index in [9.17, 15) is 13.6 Å². The number of ether oxygens (including phenoxy) is 1. The van der Waals surface area contributed by atoms with E-state index in [0.717, 1.165) is 13.0 Å². The first-order valence-corrected chi connectivity index (χ1v) is 6.14. The van der Waals surface area contributed by atoms with Crippen molar-refractivity contribution in [2.75, 3.05) is 13.2 Å². The van der Waals surface area contributed by atoms with Gasteiger partial charge in [-0.15, -0.1) is 0 Å². The minimum Gasteiger partial charge on any atom is -0.487 e. The zero-order valence-electron chi connectivity index (χ0n) is 10.8. The van der Waals surface area contributed by atoms with Crippen LogP contribution in [0.1, 0.15) is 25.3 Å². The van der Waals surface area contributed by atoms with E-state index in [-0.39, 0.29) is 13.0 Å². The zero-order valence-corrected chi connectivity index (χ0v) is 10.8. The van der Waals surface area contributed by atoms with E-state index in [1.165, 1.54) is 12.1 Å². The number of rotatable bonds is 8. The lowest BCUT2D eigenvalue weighted by atomic mass is 10.2. The SMILES string of the molecule is CCCNCc1cc(F)c(OCCC(N)=O)c(F)c1. The van der Waals surface area contributed by atoms with E-state index >= 15 is 0 Å². The van der Waals surface area contributed by atoms with Gasteiger partial charge in [0.05, 0.1) is 13.0 Å². The number of benzene rings is 1. The average Bonchev–Trinajstić information content (AvgIpc) is 2.32. The Bertz CT molecular complexity index is 416. The van der Waals surface area contributed by atoms with Crippen molar-refractivity contribution in [3.05, 3.63) is 29.3 Å². The van der Waals surface area contributed by atoms with Gasteiger partial charge in [-0.1, -0.05) is 6.92 Å². The summed E-state index contributed by atoms with van der Waals surface area (Å²) < 4.78 is 32.2. The molecule has 0 heterocycles. The second-order valence-corrected chi connectivity index (χ2v) is 4.13. The first kappa shape index (κ1) is 15.4. The number of hydrogen-bond acceptors (Lipinski definition) is 3. The molecular formula is C13H18F2N2O2. The van der Waals surface area contributed by atoms with Crippen LogP contribution in [0.4, 0.5) is 8.78 Å². The third-order valence-corrected chi connectivity index (χ3v) is 2.41. The van der Waals surface area contributed by atoms with Crippen LogP contribution in [0, 0.1) is 11.6 Å². The molecule has 106 valence electrons. The molecule has 0 saturated heterocycles. The molecule has 1 aromatic carbocycles. The standard InChI is InChI=1S/C13H18F2N2O2/c1-2-4-17-8-9-6-10(14)13(11(15)7-9)19-5-3-12(16)18/h6-7,17H,2-5,8H2,1H3,(H2,16,18). The smallest absolute Gasteiger partial charge is 0.220 e. The largest absolute Gasteiger partial charge is 0.487 e. The second-order valence-electron chi connectivity index (χ2n) is 4.13. The van der Waals surface area contributed by atoms with Gasteiger partial charge in [0.2, 0.25) is 5.91 Å². The maximum atomic E-state index is 13.6. The third kappa shape index (κ3) is 5.21. The van der Waals surface area contributed by atoms with Gasteiger partial charge in [0, 0.05) is 6.54 Å². The van der Waals surface area contributed by atoms with Crippen molar-refractivity contribution in [1.29, 1.82) is 0 Å². The van der Waals surface area contributed by atoms with Crippen LogP contribution in [0.15, 0.2) is 12.1 Å². The molecule has 4 nitrogen and oxygen atoms in total. The fourth-order valence-corrected chi connectivity index (χ4v) is 1.52. The summed E-state index contributed by atoms with van der Waals surface area (Å²) in [5.41, 5.74) is 5.42. The van der Waals surface area contributed by atoms with E-state index < -0.39 is 23.3 Å². The zero-order chi connectivity index (χ0) is 14.3. The highest BCUT2D eigenvalue weighted by atomic mass is 19.1. The summed E-state index contributed by atoms with van der Waals surface area (Å²) in [5.74, 6) is -2.61. The van der Waals surface area contributed by atoms with Crippen LogP contribution in [0.5, 0.6) is 5.75 Å². The summed E-state index contributed by atoms with van der Waals surface area (Å²) >= 11 is 0. The average molecular weight is 272 g/mol. The molecule has 0 aliphatic rings. The van der Waals surface area contributed by atoms with Crippen molar-refractivity contribution < 1.29 is 18.3 Å². The molecule has 1 aromatic rings. The molecule has 6 heteroatoms. The van der Waals surface area contributed by atoms with Crippen molar-refractivity contribution in [3.63, 3.8) is 0 Å². The van der Waals surface area contributed by atoms with Crippen molar-refractivity contribution in [3.8, 4) is 5.75 Å². The number of carbonyl (C=O) groups excluding carboxylic acids is 1. The molecule has 0 atom stereocenters. The number of nitrogens with two attached hydrogens (primary N) is 1. The normalized spacial score (nSPS) is 10.5. The Labute approximate surface area is 110 Å². The van der Waals surface area contributed by atoms with Crippen molar-refractivity contribution in [2.24, 2.45) is 5.73 Å². The first-order valence-electron chi connectivity index (χ1n) is 6.14. The van der Waals surface area contributed by atoms with E-state index in [0.29, 0.717) is 12.1 Å². The number of hydrogen-bond donors (Lipinski definition) is 2. The van der Waals surface area contributed by atoms with Gasteiger partial charge in [0.1, 0.15) is 0 Å². The van der Waals surface area contributed by atoms with Crippen LogP contribution < -0.4 is 15.8 Å². The predicted molar refractivity (Wildman–Crippen MR) is 67.7 cm³/mol. The lowest BCUT2D eigenvalue weighted by molar-refractivity contribution is -0.118. The maximum absolute atomic E-state index is 13.6. The Morgan fingerprint density at radius 3 is 2.53 bits per heavy atom. The van der Waals surface area contributed by atoms with E-state index in [1.54, 1.807) is 0 Å². The summed E-state index contributed by atoms with van der Waals surface area (Å²) in [4.78, 5) is 10.5. The lowest BCUT2D eigenvalue weighted by Gasteiger charge is -2.10. The summed E-state index contributed by atoms with van der Waals surface area (Å²) in [6, 6.07) is 2.43. The van der Waals surface area contributed by atoms with Crippen molar-refractivity contribution in [2.45, 2.75) is 26.3 Å². The lowest BCUT2D eigenvalue weighted by Crippen LogP contribution is -2.16. The minimum atomic E-state index is -0.780. The predicted octanol–water partition coefficient (Wildman–Crippen LogP) is 1.72. The fraction of sp³-hybridized carbons (Fsp3) is 0.462. The monoisotopic (exact) mass is 272 g/mol. The van der Waals surface area contributed by atoms with Gasteiger partial charge in [-0.3, -0.25) is 4.79 Å². The van der Waals surface area contributed by atoms with E-state index in [2.05, 4.69) is 5.32 Å². The molecule has 0 aliphatic carbocycles. The van der Waals surface area contributed by atoms with Crippen molar-refractivity contribution >= 4 is 5.91 Å². The molecule has 0 fully saturated rings. The number of nitrogens with one attached hydrogen (secondary N) is 1. The molecule has 1 rings (SSSR count). The Kier molecular flexibility index (Phi) is 6.21. The number of halogens is 2. The molecular weight excluding hydrogens is 254 g/mol. The molecule has 0 radical (unpaired) electrons. The molecule has 1 amide bonds. The van der Waals surface area contributed by atoms with Crippen LogP contribution in [-0.4, -0.2) is 19.1 Å². The molecule has 0 aromatic heterocycles. The molecule has 0 aliphatic heterocycles.